The smallest absolute Gasteiger partial charge is 0.219 e. The van der Waals surface area contributed by atoms with Gasteiger partial charge in [0.15, 0.2) is 0 Å². The standard InChI is InChI=1S/C13H23N3O3S/c1-3-16(9-12-4-6-14-7-5-12)20(17,18)10-13-8-11(2)19-15-13/h8,12,14H,3-7,9-10H2,1-2H3. The van der Waals surface area contributed by atoms with Gasteiger partial charge in [0.25, 0.3) is 0 Å². The molecular weight excluding hydrogens is 278 g/mol. The number of hydrogen-bond acceptors (Lipinski definition) is 5. The summed E-state index contributed by atoms with van der Waals surface area (Å²) in [7, 11) is -3.32. The van der Waals surface area contributed by atoms with Crippen LogP contribution in [0.1, 0.15) is 31.2 Å². The Morgan fingerprint density at radius 1 is 1.45 bits per heavy atom. The molecule has 0 unspecified atom stereocenters. The second-order valence-corrected chi connectivity index (χ2v) is 7.30. The minimum atomic E-state index is -3.32. The van der Waals surface area contributed by atoms with Crippen molar-refractivity contribution in [1.82, 2.24) is 14.8 Å². The summed E-state index contributed by atoms with van der Waals surface area (Å²) in [6.07, 6.45) is 2.07. The fourth-order valence-corrected chi connectivity index (χ4v) is 4.08. The SMILES string of the molecule is CCN(CC1CCNCC1)S(=O)(=O)Cc1cc(C)on1. The largest absolute Gasteiger partial charge is 0.361 e. The Labute approximate surface area is 120 Å². The van der Waals surface area contributed by atoms with Crippen LogP contribution in [0.25, 0.3) is 0 Å². The topological polar surface area (TPSA) is 75.4 Å². The molecule has 114 valence electrons. The van der Waals surface area contributed by atoms with Gasteiger partial charge in [0.1, 0.15) is 17.2 Å². The zero-order valence-electron chi connectivity index (χ0n) is 12.1. The Hall–Kier alpha value is -0.920. The van der Waals surface area contributed by atoms with Crippen molar-refractivity contribution in [2.45, 2.75) is 32.4 Å². The van der Waals surface area contributed by atoms with E-state index in [0.717, 1.165) is 25.9 Å². The average Bonchev–Trinajstić information content (AvgIpc) is 2.81. The fraction of sp³-hybridized carbons (Fsp3) is 0.769. The van der Waals surface area contributed by atoms with Crippen LogP contribution < -0.4 is 5.32 Å². The van der Waals surface area contributed by atoms with Crippen molar-refractivity contribution >= 4 is 10.0 Å². The summed E-state index contributed by atoms with van der Waals surface area (Å²) >= 11 is 0. The van der Waals surface area contributed by atoms with E-state index in [1.165, 1.54) is 0 Å². The summed E-state index contributed by atoms with van der Waals surface area (Å²) in [5.74, 6) is 1.00. The molecule has 0 aliphatic carbocycles. The highest BCUT2D eigenvalue weighted by Gasteiger charge is 2.26. The number of hydrogen-bond donors (Lipinski definition) is 1. The molecule has 0 bridgehead atoms. The maximum atomic E-state index is 12.4. The number of aryl methyl sites for hydroxylation is 1. The van der Waals surface area contributed by atoms with Gasteiger partial charge in [0, 0.05) is 19.2 Å². The lowest BCUT2D eigenvalue weighted by Crippen LogP contribution is -2.39. The molecule has 1 aliphatic rings. The number of aromatic nitrogens is 1. The third kappa shape index (κ3) is 4.04. The van der Waals surface area contributed by atoms with E-state index in [4.69, 9.17) is 4.52 Å². The second kappa shape index (κ2) is 6.69. The molecule has 0 aromatic carbocycles. The van der Waals surface area contributed by atoms with Gasteiger partial charge < -0.3 is 9.84 Å². The van der Waals surface area contributed by atoms with Gasteiger partial charge in [0.05, 0.1) is 0 Å². The van der Waals surface area contributed by atoms with Crippen molar-refractivity contribution in [3.05, 3.63) is 17.5 Å². The van der Waals surface area contributed by atoms with Gasteiger partial charge in [-0.15, -0.1) is 0 Å². The van der Waals surface area contributed by atoms with Crippen LogP contribution in [-0.2, 0) is 15.8 Å². The van der Waals surface area contributed by atoms with E-state index < -0.39 is 10.0 Å². The molecule has 0 atom stereocenters. The Kier molecular flexibility index (Phi) is 5.17. The maximum absolute atomic E-state index is 12.4. The van der Waals surface area contributed by atoms with Crippen LogP contribution in [0.3, 0.4) is 0 Å². The van der Waals surface area contributed by atoms with Crippen LogP contribution in [0.4, 0.5) is 0 Å². The molecule has 1 aromatic rings. The van der Waals surface area contributed by atoms with Crippen LogP contribution in [0.15, 0.2) is 10.6 Å². The molecule has 1 aromatic heterocycles. The molecule has 0 spiro atoms. The Balaban J connectivity index is 2.00. The molecular formula is C13H23N3O3S. The molecule has 0 saturated carbocycles. The number of sulfonamides is 1. The lowest BCUT2D eigenvalue weighted by atomic mass is 9.98. The Morgan fingerprint density at radius 2 is 2.15 bits per heavy atom. The van der Waals surface area contributed by atoms with E-state index in [1.807, 2.05) is 6.92 Å². The normalized spacial score (nSPS) is 17.8. The third-order valence-corrected chi connectivity index (χ3v) is 5.53. The first-order valence-corrected chi connectivity index (χ1v) is 8.73. The summed E-state index contributed by atoms with van der Waals surface area (Å²) < 4.78 is 31.4. The molecule has 7 heteroatoms. The van der Waals surface area contributed by atoms with Crippen LogP contribution in [-0.4, -0.2) is 44.1 Å². The highest BCUT2D eigenvalue weighted by atomic mass is 32.2. The first-order chi connectivity index (χ1) is 9.51. The molecule has 2 rings (SSSR count). The second-order valence-electron chi connectivity index (χ2n) is 5.33. The van der Waals surface area contributed by atoms with Gasteiger partial charge in [-0.1, -0.05) is 12.1 Å². The highest BCUT2D eigenvalue weighted by molar-refractivity contribution is 7.88. The summed E-state index contributed by atoms with van der Waals surface area (Å²) in [6, 6.07) is 1.68. The third-order valence-electron chi connectivity index (χ3n) is 3.67. The summed E-state index contributed by atoms with van der Waals surface area (Å²) in [5.41, 5.74) is 0.478. The molecule has 1 N–H and O–H groups in total. The molecule has 2 heterocycles. The average molecular weight is 301 g/mol. The predicted octanol–water partition coefficient (Wildman–Crippen LogP) is 1.13. The predicted molar refractivity (Wildman–Crippen MR) is 76.7 cm³/mol. The molecule has 6 nitrogen and oxygen atoms in total. The molecule has 1 fully saturated rings. The van der Waals surface area contributed by atoms with E-state index in [0.29, 0.717) is 30.5 Å². The lowest BCUT2D eigenvalue weighted by molar-refractivity contribution is 0.294. The van der Waals surface area contributed by atoms with Gasteiger partial charge in [-0.3, -0.25) is 0 Å². The zero-order chi connectivity index (χ0) is 14.6. The fourth-order valence-electron chi connectivity index (χ4n) is 2.56. The Bertz CT molecular complexity index is 521. The number of rotatable bonds is 6. The molecule has 0 radical (unpaired) electrons. The first-order valence-electron chi connectivity index (χ1n) is 7.12. The van der Waals surface area contributed by atoms with E-state index in [1.54, 1.807) is 17.3 Å². The molecule has 20 heavy (non-hydrogen) atoms. The minimum absolute atomic E-state index is 0.0802. The summed E-state index contributed by atoms with van der Waals surface area (Å²) in [5, 5.41) is 7.07. The zero-order valence-corrected chi connectivity index (χ0v) is 12.9. The van der Waals surface area contributed by atoms with Gasteiger partial charge >= 0.3 is 0 Å². The van der Waals surface area contributed by atoms with Crippen LogP contribution in [0.2, 0.25) is 0 Å². The summed E-state index contributed by atoms with van der Waals surface area (Å²) in [6.45, 7) is 6.71. The summed E-state index contributed by atoms with van der Waals surface area (Å²) in [4.78, 5) is 0. The Morgan fingerprint density at radius 3 is 2.70 bits per heavy atom. The van der Waals surface area contributed by atoms with Gasteiger partial charge in [-0.2, -0.15) is 0 Å². The highest BCUT2D eigenvalue weighted by Crippen LogP contribution is 2.18. The van der Waals surface area contributed by atoms with Crippen molar-refractivity contribution < 1.29 is 12.9 Å². The quantitative estimate of drug-likeness (QED) is 0.852. The van der Waals surface area contributed by atoms with Gasteiger partial charge in [-0.25, -0.2) is 12.7 Å². The molecule has 1 aliphatic heterocycles. The van der Waals surface area contributed by atoms with Crippen molar-refractivity contribution in [2.24, 2.45) is 5.92 Å². The monoisotopic (exact) mass is 301 g/mol. The van der Waals surface area contributed by atoms with Crippen LogP contribution in [0, 0.1) is 12.8 Å². The van der Waals surface area contributed by atoms with E-state index in [9.17, 15) is 8.42 Å². The van der Waals surface area contributed by atoms with Crippen LogP contribution in [0.5, 0.6) is 0 Å². The van der Waals surface area contributed by atoms with Crippen LogP contribution >= 0.6 is 0 Å². The van der Waals surface area contributed by atoms with Crippen molar-refractivity contribution in [3.8, 4) is 0 Å². The number of piperidine rings is 1. The number of nitrogens with one attached hydrogen (secondary N) is 1. The lowest BCUT2D eigenvalue weighted by Gasteiger charge is -2.28. The first kappa shape index (κ1) is 15.5. The van der Waals surface area contributed by atoms with Gasteiger partial charge in [-0.05, 0) is 38.8 Å². The van der Waals surface area contributed by atoms with E-state index in [-0.39, 0.29) is 5.75 Å². The minimum Gasteiger partial charge on any atom is -0.361 e. The van der Waals surface area contributed by atoms with Gasteiger partial charge in [0.2, 0.25) is 10.0 Å². The maximum Gasteiger partial charge on any atom is 0.219 e. The van der Waals surface area contributed by atoms with Crippen molar-refractivity contribution in [1.29, 1.82) is 0 Å². The van der Waals surface area contributed by atoms with E-state index in [2.05, 4.69) is 10.5 Å². The van der Waals surface area contributed by atoms with Crippen molar-refractivity contribution in [2.75, 3.05) is 26.2 Å². The van der Waals surface area contributed by atoms with E-state index >= 15 is 0 Å². The van der Waals surface area contributed by atoms with Crippen molar-refractivity contribution in [3.63, 3.8) is 0 Å². The number of nitrogens with zero attached hydrogens (tertiary/aromatic N) is 2. The molecule has 0 amide bonds. The molecule has 1 saturated heterocycles.